The van der Waals surface area contributed by atoms with Crippen LogP contribution in [0.1, 0.15) is 46.1 Å². The third-order valence-corrected chi connectivity index (χ3v) is 3.80. The van der Waals surface area contributed by atoms with Gasteiger partial charge in [-0.2, -0.15) is 0 Å². The molecule has 0 aromatic heterocycles. The number of carbonyl (C=O) groups is 2. The standard InChI is InChI=1S/C19H30N2O3/c1-6-8-18(22)21(15(4)19(23)20-12-14(2)3)13-16-9-7-10-17(11-16)24-5/h7,9-11,14-15H,6,8,12-13H2,1-5H3,(H,20,23). The molecule has 1 aromatic rings. The van der Waals surface area contributed by atoms with Gasteiger partial charge < -0.3 is 15.0 Å². The van der Waals surface area contributed by atoms with Crippen LogP contribution in [-0.2, 0) is 16.1 Å². The minimum absolute atomic E-state index is 0.00693. The van der Waals surface area contributed by atoms with Crippen LogP contribution in [0.2, 0.25) is 0 Å². The molecule has 0 aliphatic rings. The number of nitrogens with one attached hydrogen (secondary N) is 1. The lowest BCUT2D eigenvalue weighted by atomic mass is 10.1. The molecule has 0 bridgehead atoms. The first-order valence-corrected chi connectivity index (χ1v) is 8.59. The van der Waals surface area contributed by atoms with Crippen molar-refractivity contribution in [3.05, 3.63) is 29.8 Å². The largest absolute Gasteiger partial charge is 0.497 e. The molecule has 5 nitrogen and oxygen atoms in total. The van der Waals surface area contributed by atoms with Gasteiger partial charge in [-0.1, -0.05) is 32.9 Å². The van der Waals surface area contributed by atoms with Gasteiger partial charge in [0.05, 0.1) is 7.11 Å². The van der Waals surface area contributed by atoms with Crippen LogP contribution < -0.4 is 10.1 Å². The van der Waals surface area contributed by atoms with E-state index in [-0.39, 0.29) is 11.8 Å². The molecule has 0 aliphatic carbocycles. The van der Waals surface area contributed by atoms with E-state index in [1.54, 1.807) is 18.9 Å². The topological polar surface area (TPSA) is 58.6 Å². The van der Waals surface area contributed by atoms with Crippen LogP contribution in [0.25, 0.3) is 0 Å². The predicted molar refractivity (Wildman–Crippen MR) is 95.8 cm³/mol. The molecule has 0 radical (unpaired) electrons. The van der Waals surface area contributed by atoms with Gasteiger partial charge in [-0.3, -0.25) is 9.59 Å². The Balaban J connectivity index is 2.90. The average Bonchev–Trinajstić information content (AvgIpc) is 2.57. The lowest BCUT2D eigenvalue weighted by Gasteiger charge is -2.29. The summed E-state index contributed by atoms with van der Waals surface area (Å²) < 4.78 is 5.23. The van der Waals surface area contributed by atoms with E-state index in [0.29, 0.717) is 25.4 Å². The molecule has 5 heteroatoms. The summed E-state index contributed by atoms with van der Waals surface area (Å²) in [6.07, 6.45) is 1.19. The summed E-state index contributed by atoms with van der Waals surface area (Å²) in [5, 5.41) is 2.91. The molecular formula is C19H30N2O3. The van der Waals surface area contributed by atoms with Crippen molar-refractivity contribution in [3.63, 3.8) is 0 Å². The molecular weight excluding hydrogens is 304 g/mol. The Morgan fingerprint density at radius 3 is 2.54 bits per heavy atom. The lowest BCUT2D eigenvalue weighted by Crippen LogP contribution is -2.48. The molecule has 0 saturated carbocycles. The lowest BCUT2D eigenvalue weighted by molar-refractivity contribution is -0.140. The summed E-state index contributed by atoms with van der Waals surface area (Å²) >= 11 is 0. The van der Waals surface area contributed by atoms with Crippen LogP contribution in [0.3, 0.4) is 0 Å². The maximum atomic E-state index is 12.5. The molecule has 1 atom stereocenters. The van der Waals surface area contributed by atoms with E-state index in [1.165, 1.54) is 0 Å². The Morgan fingerprint density at radius 2 is 1.96 bits per heavy atom. The van der Waals surface area contributed by atoms with Crippen molar-refractivity contribution in [1.82, 2.24) is 10.2 Å². The molecule has 1 N–H and O–H groups in total. The number of benzene rings is 1. The quantitative estimate of drug-likeness (QED) is 0.755. The zero-order valence-electron chi connectivity index (χ0n) is 15.5. The van der Waals surface area contributed by atoms with Gasteiger partial charge in [0.2, 0.25) is 11.8 Å². The molecule has 134 valence electrons. The van der Waals surface area contributed by atoms with Crippen LogP contribution in [0.15, 0.2) is 24.3 Å². The first kappa shape index (κ1) is 20.0. The third kappa shape index (κ3) is 6.22. The van der Waals surface area contributed by atoms with Gasteiger partial charge in [0, 0.05) is 19.5 Å². The Labute approximate surface area is 145 Å². The fourth-order valence-corrected chi connectivity index (χ4v) is 2.36. The van der Waals surface area contributed by atoms with E-state index in [0.717, 1.165) is 17.7 Å². The van der Waals surface area contributed by atoms with Crippen molar-refractivity contribution in [2.75, 3.05) is 13.7 Å². The van der Waals surface area contributed by atoms with E-state index >= 15 is 0 Å². The van der Waals surface area contributed by atoms with Crippen molar-refractivity contribution in [2.24, 2.45) is 5.92 Å². The molecule has 0 saturated heterocycles. The molecule has 1 unspecified atom stereocenters. The maximum Gasteiger partial charge on any atom is 0.242 e. The number of amides is 2. The SMILES string of the molecule is CCCC(=O)N(Cc1cccc(OC)c1)C(C)C(=O)NCC(C)C. The Bertz CT molecular complexity index is 543. The summed E-state index contributed by atoms with van der Waals surface area (Å²) in [4.78, 5) is 26.5. The summed E-state index contributed by atoms with van der Waals surface area (Å²) in [6, 6.07) is 7.08. The Hall–Kier alpha value is -2.04. The van der Waals surface area contributed by atoms with E-state index in [4.69, 9.17) is 4.74 Å². The van der Waals surface area contributed by atoms with Crippen molar-refractivity contribution in [1.29, 1.82) is 0 Å². The molecule has 0 aliphatic heterocycles. The van der Waals surface area contributed by atoms with Gasteiger partial charge in [0.25, 0.3) is 0 Å². The molecule has 0 heterocycles. The maximum absolute atomic E-state index is 12.5. The molecule has 0 spiro atoms. The van der Waals surface area contributed by atoms with Gasteiger partial charge in [-0.15, -0.1) is 0 Å². The van der Waals surface area contributed by atoms with Crippen LogP contribution in [0, 0.1) is 5.92 Å². The number of methoxy groups -OCH3 is 1. The van der Waals surface area contributed by atoms with Crippen LogP contribution in [0.5, 0.6) is 5.75 Å². The van der Waals surface area contributed by atoms with Crippen LogP contribution in [0.4, 0.5) is 0 Å². The summed E-state index contributed by atoms with van der Waals surface area (Å²) in [5.41, 5.74) is 0.947. The highest BCUT2D eigenvalue weighted by atomic mass is 16.5. The average molecular weight is 334 g/mol. The van der Waals surface area contributed by atoms with E-state index in [9.17, 15) is 9.59 Å². The Kier molecular flexibility index (Phi) is 8.30. The number of rotatable bonds is 9. The fraction of sp³-hybridized carbons (Fsp3) is 0.579. The number of hydrogen-bond acceptors (Lipinski definition) is 3. The molecule has 1 aromatic carbocycles. The monoisotopic (exact) mass is 334 g/mol. The highest BCUT2D eigenvalue weighted by Gasteiger charge is 2.25. The summed E-state index contributed by atoms with van der Waals surface area (Å²) in [5.74, 6) is 0.996. The normalized spacial score (nSPS) is 11.9. The van der Waals surface area contributed by atoms with Crippen molar-refractivity contribution < 1.29 is 14.3 Å². The van der Waals surface area contributed by atoms with Crippen LogP contribution in [-0.4, -0.2) is 36.4 Å². The Morgan fingerprint density at radius 1 is 1.25 bits per heavy atom. The van der Waals surface area contributed by atoms with E-state index < -0.39 is 6.04 Å². The van der Waals surface area contributed by atoms with Crippen molar-refractivity contribution in [3.8, 4) is 5.75 Å². The van der Waals surface area contributed by atoms with E-state index in [1.807, 2.05) is 45.0 Å². The first-order valence-electron chi connectivity index (χ1n) is 8.59. The number of hydrogen-bond donors (Lipinski definition) is 1. The van der Waals surface area contributed by atoms with Gasteiger partial charge in [0.1, 0.15) is 11.8 Å². The van der Waals surface area contributed by atoms with Gasteiger partial charge in [0.15, 0.2) is 0 Å². The van der Waals surface area contributed by atoms with Crippen LogP contribution >= 0.6 is 0 Å². The fourth-order valence-electron chi connectivity index (χ4n) is 2.36. The van der Waals surface area contributed by atoms with Gasteiger partial charge >= 0.3 is 0 Å². The van der Waals surface area contributed by atoms with E-state index in [2.05, 4.69) is 5.32 Å². The van der Waals surface area contributed by atoms with Crippen molar-refractivity contribution >= 4 is 11.8 Å². The molecule has 2 amide bonds. The second-order valence-electron chi connectivity index (χ2n) is 6.44. The summed E-state index contributed by atoms with van der Waals surface area (Å²) in [6.45, 7) is 8.83. The van der Waals surface area contributed by atoms with Gasteiger partial charge in [-0.25, -0.2) is 0 Å². The minimum Gasteiger partial charge on any atom is -0.497 e. The number of nitrogens with zero attached hydrogens (tertiary/aromatic N) is 1. The first-order chi connectivity index (χ1) is 11.4. The molecule has 24 heavy (non-hydrogen) atoms. The highest BCUT2D eigenvalue weighted by molar-refractivity contribution is 5.87. The predicted octanol–water partition coefficient (Wildman–Crippen LogP) is 2.98. The minimum atomic E-state index is -0.506. The summed E-state index contributed by atoms with van der Waals surface area (Å²) in [7, 11) is 1.61. The number of carbonyl (C=O) groups excluding carboxylic acids is 2. The highest BCUT2D eigenvalue weighted by Crippen LogP contribution is 2.17. The zero-order chi connectivity index (χ0) is 18.1. The second-order valence-corrected chi connectivity index (χ2v) is 6.44. The zero-order valence-corrected chi connectivity index (χ0v) is 15.5. The van der Waals surface area contributed by atoms with Crippen molar-refractivity contribution in [2.45, 2.75) is 53.1 Å². The smallest absolute Gasteiger partial charge is 0.242 e. The molecule has 0 fully saturated rings. The second kappa shape index (κ2) is 9.96. The molecule has 1 rings (SSSR count). The third-order valence-electron chi connectivity index (χ3n) is 3.80. The van der Waals surface area contributed by atoms with Gasteiger partial charge in [-0.05, 0) is 37.0 Å². The number of ether oxygens (including phenoxy) is 1.